The standard InChI is InChI=1S/C26H27ClFN5O4/c1-16(2)37-23-10-9-21(12-22(23)28)32-25(31-17(3)34)33(15-18-4-7-20(27)8-5-18)26(36)30-14-19-6-11-24(35)29-13-19/h4-13,16H,14-15H2,1-3H3,(H,29,35)(H,30,36)(H,31,32,34). The minimum Gasteiger partial charge on any atom is -0.488 e. The molecule has 9 nitrogen and oxygen atoms in total. The van der Waals surface area contributed by atoms with E-state index in [0.29, 0.717) is 16.1 Å². The fourth-order valence-electron chi connectivity index (χ4n) is 3.19. The van der Waals surface area contributed by atoms with Crippen LogP contribution in [-0.4, -0.2) is 33.9 Å². The molecule has 0 atom stereocenters. The molecule has 37 heavy (non-hydrogen) atoms. The van der Waals surface area contributed by atoms with E-state index in [1.54, 1.807) is 44.2 Å². The van der Waals surface area contributed by atoms with Crippen molar-refractivity contribution in [1.82, 2.24) is 20.5 Å². The second-order valence-corrected chi connectivity index (χ2v) is 8.77. The van der Waals surface area contributed by atoms with Crippen LogP contribution in [0.2, 0.25) is 5.02 Å². The third-order valence-electron chi connectivity index (χ3n) is 4.85. The van der Waals surface area contributed by atoms with E-state index in [0.717, 1.165) is 6.07 Å². The average molecular weight is 528 g/mol. The zero-order valence-electron chi connectivity index (χ0n) is 20.5. The summed E-state index contributed by atoms with van der Waals surface area (Å²) in [5, 5.41) is 5.83. The maximum atomic E-state index is 14.6. The van der Waals surface area contributed by atoms with Gasteiger partial charge in [-0.1, -0.05) is 29.8 Å². The van der Waals surface area contributed by atoms with Crippen molar-refractivity contribution in [2.75, 3.05) is 0 Å². The van der Waals surface area contributed by atoms with E-state index in [-0.39, 0.29) is 42.1 Å². The van der Waals surface area contributed by atoms with E-state index >= 15 is 0 Å². The molecular weight excluding hydrogens is 501 g/mol. The maximum absolute atomic E-state index is 14.6. The predicted molar refractivity (Wildman–Crippen MR) is 139 cm³/mol. The van der Waals surface area contributed by atoms with Crippen molar-refractivity contribution < 1.29 is 18.7 Å². The van der Waals surface area contributed by atoms with Crippen LogP contribution in [0.15, 0.2) is 70.6 Å². The molecular formula is C26H27ClFN5O4. The molecule has 3 N–H and O–H groups in total. The fourth-order valence-corrected chi connectivity index (χ4v) is 3.31. The Labute approximate surface area is 218 Å². The second-order valence-electron chi connectivity index (χ2n) is 8.33. The number of carbonyl (C=O) groups is 2. The Morgan fingerprint density at radius 2 is 1.81 bits per heavy atom. The zero-order chi connectivity index (χ0) is 26.9. The molecule has 3 aromatic rings. The van der Waals surface area contributed by atoms with Crippen LogP contribution < -0.4 is 20.9 Å². The van der Waals surface area contributed by atoms with E-state index in [9.17, 15) is 18.8 Å². The topological polar surface area (TPSA) is 116 Å². The number of aliphatic imine (C=N–C) groups is 1. The number of nitrogens with zero attached hydrogens (tertiary/aromatic N) is 2. The number of pyridine rings is 1. The van der Waals surface area contributed by atoms with E-state index in [2.05, 4.69) is 20.6 Å². The van der Waals surface area contributed by atoms with E-state index in [4.69, 9.17) is 16.3 Å². The number of benzene rings is 2. The molecule has 1 heterocycles. The molecule has 11 heteroatoms. The molecule has 0 saturated carbocycles. The molecule has 0 spiro atoms. The van der Waals surface area contributed by atoms with Gasteiger partial charge in [0.05, 0.1) is 18.3 Å². The highest BCUT2D eigenvalue weighted by Gasteiger charge is 2.22. The average Bonchev–Trinajstić information content (AvgIpc) is 2.84. The van der Waals surface area contributed by atoms with Crippen LogP contribution >= 0.6 is 11.6 Å². The van der Waals surface area contributed by atoms with Crippen molar-refractivity contribution >= 4 is 35.2 Å². The van der Waals surface area contributed by atoms with E-state index in [1.165, 1.54) is 36.2 Å². The van der Waals surface area contributed by atoms with Gasteiger partial charge in [0.1, 0.15) is 0 Å². The van der Waals surface area contributed by atoms with Gasteiger partial charge >= 0.3 is 6.03 Å². The molecule has 0 aliphatic heterocycles. The Kier molecular flexibility index (Phi) is 9.39. The molecule has 3 amide bonds. The van der Waals surface area contributed by atoms with E-state index < -0.39 is 17.8 Å². The molecule has 194 valence electrons. The highest BCUT2D eigenvalue weighted by atomic mass is 35.5. The van der Waals surface area contributed by atoms with Gasteiger partial charge in [-0.3, -0.25) is 19.8 Å². The largest absolute Gasteiger partial charge is 0.488 e. The van der Waals surface area contributed by atoms with Gasteiger partial charge in [-0.15, -0.1) is 0 Å². The van der Waals surface area contributed by atoms with Crippen LogP contribution in [0.25, 0.3) is 0 Å². The number of amides is 3. The van der Waals surface area contributed by atoms with Gasteiger partial charge in [0.25, 0.3) is 0 Å². The number of aromatic nitrogens is 1. The Hall–Kier alpha value is -4.18. The Bertz CT molecular complexity index is 1320. The van der Waals surface area contributed by atoms with E-state index in [1.807, 2.05) is 0 Å². The van der Waals surface area contributed by atoms with Gasteiger partial charge in [0.2, 0.25) is 17.4 Å². The fraction of sp³-hybridized carbons (Fsp3) is 0.231. The number of halogens is 2. The molecule has 0 aliphatic rings. The summed E-state index contributed by atoms with van der Waals surface area (Å²) >= 11 is 5.99. The normalized spacial score (nSPS) is 11.2. The summed E-state index contributed by atoms with van der Waals surface area (Å²) in [5.41, 5.74) is 1.25. The smallest absolute Gasteiger partial charge is 0.324 e. The molecule has 0 aliphatic carbocycles. The number of carbonyl (C=O) groups excluding carboxylic acids is 2. The molecule has 1 aromatic heterocycles. The van der Waals surface area contributed by atoms with Crippen LogP contribution in [-0.2, 0) is 17.9 Å². The van der Waals surface area contributed by atoms with Crippen LogP contribution in [0.4, 0.5) is 14.9 Å². The van der Waals surface area contributed by atoms with Gasteiger partial charge in [-0.25, -0.2) is 14.2 Å². The van der Waals surface area contributed by atoms with Gasteiger partial charge in [0, 0.05) is 36.8 Å². The number of aromatic amines is 1. The summed E-state index contributed by atoms with van der Waals surface area (Å²) < 4.78 is 20.0. The first kappa shape index (κ1) is 27.4. The predicted octanol–water partition coefficient (Wildman–Crippen LogP) is 4.49. The Balaban J connectivity index is 1.95. The minimum atomic E-state index is -0.635. The Morgan fingerprint density at radius 1 is 1.11 bits per heavy atom. The number of guanidine groups is 1. The van der Waals surface area contributed by atoms with Crippen molar-refractivity contribution in [1.29, 1.82) is 0 Å². The third kappa shape index (κ3) is 8.46. The SMILES string of the molecule is CC(=O)N/C(=N\c1ccc(OC(C)C)c(F)c1)N(Cc1ccc(Cl)cc1)C(=O)NCc1ccc(=O)[nH]c1. The molecule has 0 bridgehead atoms. The van der Waals surface area contributed by atoms with Gasteiger partial charge in [-0.2, -0.15) is 0 Å². The number of nitrogens with one attached hydrogen (secondary N) is 3. The van der Waals surface area contributed by atoms with Crippen LogP contribution in [0, 0.1) is 5.82 Å². The van der Waals surface area contributed by atoms with Gasteiger partial charge in [0.15, 0.2) is 11.6 Å². The van der Waals surface area contributed by atoms with Crippen molar-refractivity contribution in [2.24, 2.45) is 4.99 Å². The van der Waals surface area contributed by atoms with Crippen LogP contribution in [0.1, 0.15) is 31.9 Å². The van der Waals surface area contributed by atoms with Crippen molar-refractivity contribution in [2.45, 2.75) is 40.0 Å². The summed E-state index contributed by atoms with van der Waals surface area (Å²) in [4.78, 5) is 44.8. The summed E-state index contributed by atoms with van der Waals surface area (Å²) in [6.07, 6.45) is 1.26. The number of urea groups is 1. The quantitative estimate of drug-likeness (QED) is 0.310. The first-order valence-electron chi connectivity index (χ1n) is 11.4. The summed E-state index contributed by atoms with van der Waals surface area (Å²) in [6, 6.07) is 13.2. The van der Waals surface area contributed by atoms with Crippen LogP contribution in [0.3, 0.4) is 0 Å². The summed E-state index contributed by atoms with van der Waals surface area (Å²) in [7, 11) is 0. The van der Waals surface area contributed by atoms with Crippen LogP contribution in [0.5, 0.6) is 5.75 Å². The molecule has 3 rings (SSSR count). The maximum Gasteiger partial charge on any atom is 0.324 e. The molecule has 0 saturated heterocycles. The third-order valence-corrected chi connectivity index (χ3v) is 5.10. The lowest BCUT2D eigenvalue weighted by molar-refractivity contribution is -0.117. The number of hydrogen-bond acceptors (Lipinski definition) is 5. The second kappa shape index (κ2) is 12.7. The lowest BCUT2D eigenvalue weighted by Crippen LogP contribution is -2.49. The van der Waals surface area contributed by atoms with Gasteiger partial charge < -0.3 is 15.0 Å². The molecule has 0 radical (unpaired) electrons. The number of rotatable bonds is 7. The zero-order valence-corrected chi connectivity index (χ0v) is 21.3. The first-order chi connectivity index (χ1) is 17.6. The molecule has 2 aromatic carbocycles. The summed E-state index contributed by atoms with van der Waals surface area (Å²) in [5.74, 6) is -1.16. The Morgan fingerprint density at radius 3 is 2.41 bits per heavy atom. The van der Waals surface area contributed by atoms with Crippen molar-refractivity contribution in [3.63, 3.8) is 0 Å². The van der Waals surface area contributed by atoms with Crippen molar-refractivity contribution in [3.05, 3.63) is 93.1 Å². The molecule has 0 unspecified atom stereocenters. The van der Waals surface area contributed by atoms with Crippen molar-refractivity contribution in [3.8, 4) is 5.75 Å². The summed E-state index contributed by atoms with van der Waals surface area (Å²) in [6.45, 7) is 4.94. The minimum absolute atomic E-state index is 0.0186. The van der Waals surface area contributed by atoms with Gasteiger partial charge in [-0.05, 0) is 49.2 Å². The number of ether oxygens (including phenoxy) is 1. The molecule has 0 fully saturated rings. The first-order valence-corrected chi connectivity index (χ1v) is 11.8. The number of H-pyrrole nitrogens is 1. The highest BCUT2D eigenvalue weighted by Crippen LogP contribution is 2.24. The monoisotopic (exact) mass is 527 g/mol. The highest BCUT2D eigenvalue weighted by molar-refractivity contribution is 6.30. The lowest BCUT2D eigenvalue weighted by atomic mass is 10.2. The lowest BCUT2D eigenvalue weighted by Gasteiger charge is -2.25. The number of hydrogen-bond donors (Lipinski definition) is 3.